The molecule has 2 aromatic carbocycles. The van der Waals surface area contributed by atoms with Crippen LogP contribution in [-0.4, -0.2) is 12.6 Å². The second-order valence-corrected chi connectivity index (χ2v) is 9.10. The summed E-state index contributed by atoms with van der Waals surface area (Å²) < 4.78 is 11.5. The van der Waals surface area contributed by atoms with E-state index < -0.39 is 5.41 Å². The zero-order valence-corrected chi connectivity index (χ0v) is 19.7. The van der Waals surface area contributed by atoms with Crippen molar-refractivity contribution in [1.29, 1.82) is 0 Å². The molecule has 3 heteroatoms. The highest BCUT2D eigenvalue weighted by molar-refractivity contribution is 5.78. The van der Waals surface area contributed by atoms with Gasteiger partial charge in [-0.25, -0.2) is 0 Å². The van der Waals surface area contributed by atoms with Crippen molar-refractivity contribution in [2.45, 2.75) is 73.1 Å². The van der Waals surface area contributed by atoms with E-state index in [4.69, 9.17) is 9.47 Å². The molecule has 0 amide bonds. The number of carbonyl (C=O) groups excluding carboxylic acids is 1. The van der Waals surface area contributed by atoms with Gasteiger partial charge in [0.2, 0.25) is 0 Å². The molecule has 2 rings (SSSR count). The Balaban J connectivity index is 2.19. The van der Waals surface area contributed by atoms with Crippen molar-refractivity contribution in [2.24, 2.45) is 11.3 Å². The Kier molecular flexibility index (Phi) is 8.11. The van der Waals surface area contributed by atoms with Crippen LogP contribution in [0.4, 0.5) is 0 Å². The molecule has 0 aromatic heterocycles. The molecule has 0 aliphatic rings. The number of carbonyl (C=O) groups is 1. The molecule has 0 aliphatic heterocycles. The Morgan fingerprint density at radius 3 is 1.67 bits per heavy atom. The van der Waals surface area contributed by atoms with E-state index in [1.807, 2.05) is 32.9 Å². The Morgan fingerprint density at radius 1 is 0.800 bits per heavy atom. The van der Waals surface area contributed by atoms with E-state index in [2.05, 4.69) is 64.1 Å². The van der Waals surface area contributed by atoms with Crippen LogP contribution in [0.25, 0.3) is 0 Å². The average molecular weight is 411 g/mol. The number of rotatable bonds is 10. The fourth-order valence-corrected chi connectivity index (χ4v) is 3.42. The van der Waals surface area contributed by atoms with Gasteiger partial charge in [-0.05, 0) is 67.5 Å². The summed E-state index contributed by atoms with van der Waals surface area (Å²) in [6, 6.07) is 16.4. The highest BCUT2D eigenvalue weighted by Gasteiger charge is 2.32. The molecule has 0 saturated heterocycles. The fraction of sp³-hybridized carbons (Fsp3) is 0.519. The van der Waals surface area contributed by atoms with Crippen LogP contribution in [0.1, 0.15) is 78.9 Å². The topological polar surface area (TPSA) is 35.5 Å². The van der Waals surface area contributed by atoms with Crippen molar-refractivity contribution in [3.05, 3.63) is 59.7 Å². The molecule has 2 aromatic rings. The third-order valence-electron chi connectivity index (χ3n) is 6.54. The van der Waals surface area contributed by atoms with Crippen LogP contribution in [0, 0.1) is 11.3 Å². The first-order valence-corrected chi connectivity index (χ1v) is 11.2. The van der Waals surface area contributed by atoms with Crippen molar-refractivity contribution in [3.63, 3.8) is 0 Å². The summed E-state index contributed by atoms with van der Waals surface area (Å²) in [4.78, 5) is 12.5. The Labute approximate surface area is 182 Å². The summed E-state index contributed by atoms with van der Waals surface area (Å²) in [6.07, 6.45) is 2.50. The summed E-state index contributed by atoms with van der Waals surface area (Å²) in [5.74, 6) is 1.86. The van der Waals surface area contributed by atoms with Gasteiger partial charge in [-0.3, -0.25) is 4.79 Å². The van der Waals surface area contributed by atoms with Gasteiger partial charge >= 0.3 is 5.97 Å². The fourth-order valence-electron chi connectivity index (χ4n) is 3.42. The van der Waals surface area contributed by atoms with Crippen molar-refractivity contribution in [1.82, 2.24) is 0 Å². The maximum atomic E-state index is 12.5. The highest BCUT2D eigenvalue weighted by Crippen LogP contribution is 2.37. The summed E-state index contributed by atoms with van der Waals surface area (Å²) in [7, 11) is 0. The van der Waals surface area contributed by atoms with Gasteiger partial charge in [0.25, 0.3) is 0 Å². The third kappa shape index (κ3) is 5.44. The van der Waals surface area contributed by atoms with Crippen LogP contribution >= 0.6 is 0 Å². The molecule has 0 aliphatic carbocycles. The lowest BCUT2D eigenvalue weighted by Gasteiger charge is -2.30. The molecular weight excluding hydrogens is 372 g/mol. The van der Waals surface area contributed by atoms with E-state index in [0.29, 0.717) is 11.7 Å². The molecule has 0 heterocycles. The zero-order valence-electron chi connectivity index (χ0n) is 19.7. The Morgan fingerprint density at radius 2 is 1.27 bits per heavy atom. The van der Waals surface area contributed by atoms with Crippen LogP contribution < -0.4 is 9.47 Å². The SMILES string of the molecule is CCC(C)(CC)C(=O)Oc1ccc(C(C)(CC)c2ccc(OCC(C)C)cc2)cc1. The summed E-state index contributed by atoms with van der Waals surface area (Å²) in [5.41, 5.74) is 1.89. The van der Waals surface area contributed by atoms with Crippen LogP contribution in [0.5, 0.6) is 11.5 Å². The van der Waals surface area contributed by atoms with Crippen molar-refractivity contribution in [2.75, 3.05) is 6.61 Å². The van der Waals surface area contributed by atoms with Crippen molar-refractivity contribution in [3.8, 4) is 11.5 Å². The lowest BCUT2D eigenvalue weighted by atomic mass is 9.74. The predicted molar refractivity (Wildman–Crippen MR) is 124 cm³/mol. The van der Waals surface area contributed by atoms with Crippen LogP contribution in [-0.2, 0) is 10.2 Å². The summed E-state index contributed by atoms with van der Waals surface area (Å²) >= 11 is 0. The summed E-state index contributed by atoms with van der Waals surface area (Å²) in [6.45, 7) is 15.5. The molecule has 0 spiro atoms. The molecule has 164 valence electrons. The maximum absolute atomic E-state index is 12.5. The number of esters is 1. The number of hydrogen-bond acceptors (Lipinski definition) is 3. The van der Waals surface area contributed by atoms with Gasteiger partial charge in [-0.1, -0.05) is 65.8 Å². The van der Waals surface area contributed by atoms with Gasteiger partial charge < -0.3 is 9.47 Å². The Hall–Kier alpha value is -2.29. The standard InChI is InChI=1S/C27H38O3/c1-8-26(6,9-2)25(28)30-24-17-13-22(14-18-24)27(7,10-3)21-11-15-23(16-12-21)29-19-20(4)5/h11-18,20H,8-10,19H2,1-7H3. The van der Waals surface area contributed by atoms with E-state index in [1.165, 1.54) is 11.1 Å². The molecule has 3 nitrogen and oxygen atoms in total. The quantitative estimate of drug-likeness (QED) is 0.308. The van der Waals surface area contributed by atoms with Gasteiger partial charge in [0.05, 0.1) is 12.0 Å². The highest BCUT2D eigenvalue weighted by atomic mass is 16.5. The first kappa shape index (κ1) is 24.0. The minimum Gasteiger partial charge on any atom is -0.493 e. The van der Waals surface area contributed by atoms with E-state index in [1.54, 1.807) is 0 Å². The maximum Gasteiger partial charge on any atom is 0.317 e. The van der Waals surface area contributed by atoms with Gasteiger partial charge in [0, 0.05) is 5.41 Å². The van der Waals surface area contributed by atoms with Crippen LogP contribution in [0.15, 0.2) is 48.5 Å². The molecule has 0 saturated carbocycles. The smallest absolute Gasteiger partial charge is 0.317 e. The molecule has 0 bridgehead atoms. The van der Waals surface area contributed by atoms with Crippen molar-refractivity contribution >= 4 is 5.97 Å². The second-order valence-electron chi connectivity index (χ2n) is 9.10. The monoisotopic (exact) mass is 410 g/mol. The first-order chi connectivity index (χ1) is 14.2. The van der Waals surface area contributed by atoms with E-state index >= 15 is 0 Å². The molecule has 0 N–H and O–H groups in total. The van der Waals surface area contributed by atoms with Gasteiger partial charge in [-0.2, -0.15) is 0 Å². The second kappa shape index (κ2) is 10.1. The minimum absolute atomic E-state index is 0.125. The average Bonchev–Trinajstić information content (AvgIpc) is 2.77. The number of ether oxygens (including phenoxy) is 2. The zero-order chi connectivity index (χ0) is 22.4. The van der Waals surface area contributed by atoms with Gasteiger partial charge in [-0.15, -0.1) is 0 Å². The van der Waals surface area contributed by atoms with Crippen molar-refractivity contribution < 1.29 is 14.3 Å². The molecule has 0 fully saturated rings. The predicted octanol–water partition coefficient (Wildman–Crippen LogP) is 7.17. The molecule has 1 atom stereocenters. The number of hydrogen-bond donors (Lipinski definition) is 0. The largest absolute Gasteiger partial charge is 0.493 e. The number of benzene rings is 2. The lowest BCUT2D eigenvalue weighted by molar-refractivity contribution is -0.145. The Bertz CT molecular complexity index is 801. The molecular formula is C27H38O3. The van der Waals surface area contributed by atoms with Crippen LogP contribution in [0.2, 0.25) is 0 Å². The van der Waals surface area contributed by atoms with E-state index in [-0.39, 0.29) is 11.4 Å². The van der Waals surface area contributed by atoms with Gasteiger partial charge in [0.1, 0.15) is 11.5 Å². The molecule has 0 radical (unpaired) electrons. The third-order valence-corrected chi connectivity index (χ3v) is 6.54. The molecule has 30 heavy (non-hydrogen) atoms. The van der Waals surface area contributed by atoms with E-state index in [9.17, 15) is 4.79 Å². The molecule has 1 unspecified atom stereocenters. The van der Waals surface area contributed by atoms with E-state index in [0.717, 1.165) is 31.6 Å². The van der Waals surface area contributed by atoms with Crippen LogP contribution in [0.3, 0.4) is 0 Å². The van der Waals surface area contributed by atoms with Gasteiger partial charge in [0.15, 0.2) is 0 Å². The minimum atomic E-state index is -0.435. The first-order valence-electron chi connectivity index (χ1n) is 11.2. The lowest BCUT2D eigenvalue weighted by Crippen LogP contribution is -2.30. The normalized spacial score (nSPS) is 13.7. The summed E-state index contributed by atoms with van der Waals surface area (Å²) in [5, 5.41) is 0.